The molecule has 1 saturated heterocycles. The highest BCUT2D eigenvalue weighted by Crippen LogP contribution is 2.36. The molecule has 0 saturated carbocycles. The van der Waals surface area contributed by atoms with Crippen LogP contribution in [0.3, 0.4) is 0 Å². The smallest absolute Gasteiger partial charge is 0.353 e. The minimum absolute atomic E-state index is 0.111. The molecule has 1 fully saturated rings. The van der Waals surface area contributed by atoms with E-state index in [4.69, 9.17) is 15.8 Å². The number of nitriles is 1. The Balaban J connectivity index is 1.76. The summed E-state index contributed by atoms with van der Waals surface area (Å²) in [6.07, 6.45) is 0. The summed E-state index contributed by atoms with van der Waals surface area (Å²) < 4.78 is 1.40. The number of fused-ring (bicyclic) bond motifs is 1. The zero-order valence-corrected chi connectivity index (χ0v) is 16.7. The molecule has 4 N–H and O–H groups in total. The number of carboxylic acid groups (broad SMARTS) is 1. The molecule has 0 aromatic rings. The van der Waals surface area contributed by atoms with Crippen LogP contribution in [0, 0.1) is 10.7 Å². The molecule has 0 aliphatic carbocycles. The summed E-state index contributed by atoms with van der Waals surface area (Å²) >= 11 is 3.19. The topological polar surface area (TPSA) is 161 Å². The van der Waals surface area contributed by atoms with Crippen molar-refractivity contribution in [2.24, 2.45) is 10.9 Å². The van der Waals surface area contributed by atoms with Gasteiger partial charge in [-0.2, -0.15) is 5.26 Å². The first kappa shape index (κ1) is 20.4. The van der Waals surface area contributed by atoms with Gasteiger partial charge in [-0.1, -0.05) is 16.9 Å². The Morgan fingerprint density at radius 2 is 2.25 bits per heavy atom. The van der Waals surface area contributed by atoms with Crippen molar-refractivity contribution in [1.82, 2.24) is 14.5 Å². The van der Waals surface area contributed by atoms with Gasteiger partial charge in [0, 0.05) is 16.6 Å². The fraction of sp³-hybridized carbons (Fsp3) is 0.357. The van der Waals surface area contributed by atoms with Crippen LogP contribution in [0.15, 0.2) is 27.4 Å². The van der Waals surface area contributed by atoms with Crippen molar-refractivity contribution in [2.45, 2.75) is 17.6 Å². The average molecular weight is 443 g/mol. The Hall–Kier alpha value is -2.34. The van der Waals surface area contributed by atoms with Gasteiger partial charge in [-0.05, 0) is 0 Å². The minimum Gasteiger partial charge on any atom is -0.477 e. The number of oxime groups is 1. The zero-order valence-electron chi connectivity index (χ0n) is 14.3. The highest BCUT2D eigenvalue weighted by Gasteiger charge is 2.52. The van der Waals surface area contributed by atoms with E-state index in [2.05, 4.69) is 10.5 Å². The van der Waals surface area contributed by atoms with E-state index < -0.39 is 35.4 Å². The molecule has 3 atom stereocenters. The number of carbonyl (C=O) groups is 3. The number of nitrogens with one attached hydrogen (secondary N) is 1. The van der Waals surface area contributed by atoms with Gasteiger partial charge >= 0.3 is 5.97 Å². The molecule has 2 amide bonds. The number of hydrogen-bond acceptors (Lipinski definition) is 11. The third-order valence-corrected chi connectivity index (χ3v) is 6.62. The summed E-state index contributed by atoms with van der Waals surface area (Å²) in [5.41, 5.74) is 5.32. The molecule has 0 bridgehead atoms. The van der Waals surface area contributed by atoms with Gasteiger partial charge in [-0.3, -0.25) is 18.8 Å². The third kappa shape index (κ3) is 3.53. The van der Waals surface area contributed by atoms with Crippen molar-refractivity contribution in [1.29, 1.82) is 5.26 Å². The highest BCUT2D eigenvalue weighted by atomic mass is 32.2. The number of β-lactam (4-membered cyclic amide) rings is 1. The zero-order chi connectivity index (χ0) is 20.4. The van der Waals surface area contributed by atoms with Crippen molar-refractivity contribution in [3.63, 3.8) is 0 Å². The van der Waals surface area contributed by atoms with Crippen LogP contribution in [0.1, 0.15) is 0 Å². The second-order valence-electron chi connectivity index (χ2n) is 5.53. The highest BCUT2D eigenvalue weighted by molar-refractivity contribution is 8.06. The molecule has 148 valence electrons. The molecule has 3 unspecified atom stereocenters. The lowest BCUT2D eigenvalue weighted by Crippen LogP contribution is -2.72. The summed E-state index contributed by atoms with van der Waals surface area (Å²) in [7, 11) is 1.26. The molecular weight excluding hydrogens is 428 g/mol. The van der Waals surface area contributed by atoms with E-state index in [1.54, 1.807) is 5.41 Å². The van der Waals surface area contributed by atoms with Crippen LogP contribution in [-0.4, -0.2) is 68.3 Å². The Morgan fingerprint density at radius 3 is 2.89 bits per heavy atom. The van der Waals surface area contributed by atoms with E-state index in [1.807, 2.05) is 5.40 Å². The normalized spacial score (nSPS) is 26.5. The number of thiocyanates is 1. The number of rotatable bonds is 6. The second kappa shape index (κ2) is 8.35. The number of aliphatic carboxylic acids is 1. The van der Waals surface area contributed by atoms with Crippen LogP contribution in [0.2, 0.25) is 0 Å². The first-order chi connectivity index (χ1) is 13.4. The van der Waals surface area contributed by atoms with Gasteiger partial charge in [0.15, 0.2) is 11.1 Å². The molecule has 28 heavy (non-hydrogen) atoms. The SMILES string of the molecule is CON=C(C(=O)NC1C(=O)N2C(C(=O)O)=CSCC12)C1=CSC(N)N1SC#N. The van der Waals surface area contributed by atoms with Gasteiger partial charge < -0.3 is 21.0 Å². The maximum absolute atomic E-state index is 12.8. The monoisotopic (exact) mass is 442 g/mol. The van der Waals surface area contributed by atoms with Crippen LogP contribution < -0.4 is 11.1 Å². The Morgan fingerprint density at radius 1 is 1.50 bits per heavy atom. The molecule has 0 radical (unpaired) electrons. The first-order valence-electron chi connectivity index (χ1n) is 7.67. The maximum atomic E-state index is 12.8. The van der Waals surface area contributed by atoms with E-state index in [9.17, 15) is 19.5 Å². The largest absolute Gasteiger partial charge is 0.477 e. The molecule has 3 aliphatic heterocycles. The van der Waals surface area contributed by atoms with Crippen LogP contribution in [-0.2, 0) is 19.2 Å². The summed E-state index contributed by atoms with van der Waals surface area (Å²) in [6.45, 7) is 0. The summed E-state index contributed by atoms with van der Waals surface area (Å²) in [4.78, 5) is 42.3. The average Bonchev–Trinajstić information content (AvgIpc) is 3.03. The number of nitrogens with zero attached hydrogens (tertiary/aromatic N) is 4. The molecule has 0 aromatic heterocycles. The van der Waals surface area contributed by atoms with Crippen molar-refractivity contribution in [2.75, 3.05) is 12.9 Å². The molecular formula is C14H14N6O5S3. The number of thioether (sulfide) groups is 2. The van der Waals surface area contributed by atoms with Crippen LogP contribution in [0.5, 0.6) is 0 Å². The molecule has 11 nitrogen and oxygen atoms in total. The van der Waals surface area contributed by atoms with Crippen molar-refractivity contribution in [3.05, 3.63) is 22.2 Å². The van der Waals surface area contributed by atoms with Crippen molar-refractivity contribution in [3.8, 4) is 5.40 Å². The quantitative estimate of drug-likeness (QED) is 0.162. The number of amides is 2. The number of carboxylic acids is 1. The number of carbonyl (C=O) groups excluding carboxylic acids is 2. The summed E-state index contributed by atoms with van der Waals surface area (Å²) in [6, 6.07) is -1.36. The predicted octanol–water partition coefficient (Wildman–Crippen LogP) is -0.381. The van der Waals surface area contributed by atoms with Gasteiger partial charge in [-0.15, -0.1) is 11.8 Å². The standard InChI is InChI=1S/C14H14N6O5S3/c1-25-18-9(7-4-27-14(16)20(7)28-5-15)11(21)17-10-6-2-26-3-8(13(23)24)19(6)12(10)22/h3-4,6,10,14H,2,16H2,1H3,(H,17,21)(H,23,24). The van der Waals surface area contributed by atoms with Crippen molar-refractivity contribution >= 4 is 59.0 Å². The molecule has 3 rings (SSSR count). The van der Waals surface area contributed by atoms with Gasteiger partial charge in [0.2, 0.25) is 0 Å². The lowest BCUT2D eigenvalue weighted by Gasteiger charge is -2.48. The van der Waals surface area contributed by atoms with E-state index in [0.717, 1.165) is 16.8 Å². The fourth-order valence-electron chi connectivity index (χ4n) is 2.80. The lowest BCUT2D eigenvalue weighted by molar-refractivity contribution is -0.153. The van der Waals surface area contributed by atoms with E-state index in [-0.39, 0.29) is 17.1 Å². The third-order valence-electron chi connectivity index (χ3n) is 4.01. The molecule has 0 aromatic carbocycles. The number of hydrogen-bond donors (Lipinski definition) is 3. The predicted molar refractivity (Wildman–Crippen MR) is 104 cm³/mol. The van der Waals surface area contributed by atoms with E-state index in [1.165, 1.54) is 40.3 Å². The van der Waals surface area contributed by atoms with Gasteiger partial charge in [-0.25, -0.2) is 4.79 Å². The van der Waals surface area contributed by atoms with E-state index >= 15 is 0 Å². The van der Waals surface area contributed by atoms with Gasteiger partial charge in [0.1, 0.15) is 24.3 Å². The molecule has 0 spiro atoms. The summed E-state index contributed by atoms with van der Waals surface area (Å²) in [5, 5.41) is 29.3. The molecule has 3 aliphatic rings. The Labute approximate surface area is 172 Å². The molecule has 14 heteroatoms. The maximum Gasteiger partial charge on any atom is 0.353 e. The van der Waals surface area contributed by atoms with Crippen LogP contribution in [0.25, 0.3) is 0 Å². The van der Waals surface area contributed by atoms with Crippen LogP contribution >= 0.6 is 35.5 Å². The van der Waals surface area contributed by atoms with Gasteiger partial charge in [0.25, 0.3) is 11.8 Å². The Bertz CT molecular complexity index is 853. The molecule has 3 heterocycles. The van der Waals surface area contributed by atoms with E-state index in [0.29, 0.717) is 5.75 Å². The summed E-state index contributed by atoms with van der Waals surface area (Å²) in [5.74, 6) is -1.97. The Kier molecular flexibility index (Phi) is 6.08. The fourth-order valence-corrected chi connectivity index (χ4v) is 5.29. The first-order valence-corrected chi connectivity index (χ1v) is 10.4. The van der Waals surface area contributed by atoms with Crippen LogP contribution in [0.4, 0.5) is 0 Å². The lowest BCUT2D eigenvalue weighted by atomic mass is 9.95. The number of nitrogens with two attached hydrogens (primary N) is 1. The second-order valence-corrected chi connectivity index (χ2v) is 8.18. The van der Waals surface area contributed by atoms with Crippen molar-refractivity contribution < 1.29 is 24.3 Å². The van der Waals surface area contributed by atoms with Gasteiger partial charge in [0.05, 0.1) is 23.7 Å². The minimum atomic E-state index is -1.21.